The van der Waals surface area contributed by atoms with Gasteiger partial charge in [0, 0.05) is 12.4 Å². The Balaban J connectivity index is 1.38. The Morgan fingerprint density at radius 3 is 2.37 bits per heavy atom. The number of pyridine rings is 1. The molecule has 0 bridgehead atoms. The fourth-order valence-electron chi connectivity index (χ4n) is 2.84. The molecule has 4 rings (SSSR count). The van der Waals surface area contributed by atoms with Crippen LogP contribution in [0.25, 0.3) is 16.9 Å². The lowest BCUT2D eigenvalue weighted by Gasteiger charge is -2.07. The van der Waals surface area contributed by atoms with E-state index in [9.17, 15) is 4.79 Å². The molecule has 2 aromatic heterocycles. The number of hydrogen-bond donors (Lipinski definition) is 1. The lowest BCUT2D eigenvalue weighted by atomic mass is 10.0. The van der Waals surface area contributed by atoms with Gasteiger partial charge in [0.2, 0.25) is 5.91 Å². The molecule has 0 unspecified atom stereocenters. The van der Waals surface area contributed by atoms with Gasteiger partial charge in [0.25, 0.3) is 0 Å². The van der Waals surface area contributed by atoms with Crippen LogP contribution in [0.4, 0.5) is 5.69 Å². The second-order valence-corrected chi connectivity index (χ2v) is 6.16. The van der Waals surface area contributed by atoms with Crippen molar-refractivity contribution in [3.05, 3.63) is 97.2 Å². The highest BCUT2D eigenvalue weighted by Crippen LogP contribution is 2.19. The van der Waals surface area contributed by atoms with Crippen molar-refractivity contribution < 1.29 is 4.79 Å². The maximum absolute atomic E-state index is 12.3. The largest absolute Gasteiger partial charge is 0.324 e. The van der Waals surface area contributed by atoms with E-state index in [1.165, 1.54) is 0 Å². The topological polar surface area (TPSA) is 59.8 Å². The standard InChI is InChI=1S/C22H18N4O/c27-22(25-20-10-11-21(24-15-20)26-13-12-23-16-26)14-17-6-8-19(9-7-17)18-4-2-1-3-5-18/h1-13,15-16H,14H2,(H,25,27). The molecule has 0 fully saturated rings. The third-order valence-electron chi connectivity index (χ3n) is 4.23. The summed E-state index contributed by atoms with van der Waals surface area (Å²) in [4.78, 5) is 20.6. The second-order valence-electron chi connectivity index (χ2n) is 6.16. The number of aromatic nitrogens is 3. The first kappa shape index (κ1) is 16.7. The van der Waals surface area contributed by atoms with Crippen molar-refractivity contribution in [2.24, 2.45) is 0 Å². The number of imidazole rings is 1. The van der Waals surface area contributed by atoms with E-state index in [2.05, 4.69) is 27.4 Å². The van der Waals surface area contributed by atoms with E-state index in [1.54, 1.807) is 23.3 Å². The highest BCUT2D eigenvalue weighted by atomic mass is 16.1. The Morgan fingerprint density at radius 2 is 1.70 bits per heavy atom. The molecular weight excluding hydrogens is 336 g/mol. The van der Waals surface area contributed by atoms with E-state index in [0.717, 1.165) is 22.5 Å². The van der Waals surface area contributed by atoms with Gasteiger partial charge < -0.3 is 5.32 Å². The van der Waals surface area contributed by atoms with Gasteiger partial charge in [-0.3, -0.25) is 9.36 Å². The Labute approximate surface area is 157 Å². The summed E-state index contributed by atoms with van der Waals surface area (Å²) in [6.07, 6.45) is 7.16. The van der Waals surface area contributed by atoms with Gasteiger partial charge in [0.1, 0.15) is 12.1 Å². The molecule has 0 aliphatic carbocycles. The van der Waals surface area contributed by atoms with Crippen LogP contribution in [-0.2, 0) is 11.2 Å². The van der Waals surface area contributed by atoms with Gasteiger partial charge in [-0.2, -0.15) is 0 Å². The van der Waals surface area contributed by atoms with Gasteiger partial charge in [-0.1, -0.05) is 54.6 Å². The molecule has 0 radical (unpaired) electrons. The minimum Gasteiger partial charge on any atom is -0.324 e. The number of carbonyl (C=O) groups excluding carboxylic acids is 1. The minimum atomic E-state index is -0.0698. The summed E-state index contributed by atoms with van der Waals surface area (Å²) in [5, 5.41) is 2.88. The summed E-state index contributed by atoms with van der Waals surface area (Å²) < 4.78 is 1.81. The van der Waals surface area contributed by atoms with Crippen LogP contribution in [0.15, 0.2) is 91.6 Å². The molecule has 0 spiro atoms. The lowest BCUT2D eigenvalue weighted by Crippen LogP contribution is -2.14. The van der Waals surface area contributed by atoms with Crippen molar-refractivity contribution in [3.63, 3.8) is 0 Å². The summed E-state index contributed by atoms with van der Waals surface area (Å²) in [6, 6.07) is 21.9. The molecule has 5 nitrogen and oxygen atoms in total. The minimum absolute atomic E-state index is 0.0698. The smallest absolute Gasteiger partial charge is 0.228 e. The van der Waals surface area contributed by atoms with Crippen LogP contribution in [0.1, 0.15) is 5.56 Å². The quantitative estimate of drug-likeness (QED) is 0.587. The summed E-state index contributed by atoms with van der Waals surface area (Å²) in [5.41, 5.74) is 3.94. The summed E-state index contributed by atoms with van der Waals surface area (Å²) in [7, 11) is 0. The van der Waals surface area contributed by atoms with Gasteiger partial charge in [0.15, 0.2) is 0 Å². The Kier molecular flexibility index (Phi) is 4.74. The molecule has 0 atom stereocenters. The number of nitrogens with zero attached hydrogens (tertiary/aromatic N) is 3. The van der Waals surface area contributed by atoms with Gasteiger partial charge in [-0.25, -0.2) is 9.97 Å². The molecule has 0 saturated carbocycles. The van der Waals surface area contributed by atoms with Gasteiger partial charge in [0.05, 0.1) is 18.3 Å². The molecule has 1 N–H and O–H groups in total. The molecule has 0 aliphatic heterocycles. The number of hydrogen-bond acceptors (Lipinski definition) is 3. The van der Waals surface area contributed by atoms with Crippen LogP contribution in [0.5, 0.6) is 0 Å². The van der Waals surface area contributed by atoms with Crippen molar-refractivity contribution in [3.8, 4) is 16.9 Å². The first-order valence-corrected chi connectivity index (χ1v) is 8.66. The van der Waals surface area contributed by atoms with E-state index in [-0.39, 0.29) is 5.91 Å². The highest BCUT2D eigenvalue weighted by Gasteiger charge is 2.06. The average Bonchev–Trinajstić information content (AvgIpc) is 3.25. The van der Waals surface area contributed by atoms with Gasteiger partial charge in [-0.15, -0.1) is 0 Å². The molecule has 27 heavy (non-hydrogen) atoms. The van der Waals surface area contributed by atoms with Crippen LogP contribution >= 0.6 is 0 Å². The molecule has 2 heterocycles. The van der Waals surface area contributed by atoms with Crippen LogP contribution in [-0.4, -0.2) is 20.4 Å². The number of anilines is 1. The monoisotopic (exact) mass is 354 g/mol. The molecule has 0 saturated heterocycles. The fraction of sp³-hybridized carbons (Fsp3) is 0.0455. The Morgan fingerprint density at radius 1 is 0.926 bits per heavy atom. The van der Waals surface area contributed by atoms with Crippen LogP contribution in [0, 0.1) is 0 Å². The maximum atomic E-state index is 12.3. The number of nitrogens with one attached hydrogen (secondary N) is 1. The molecule has 0 aliphatic rings. The molecular formula is C22H18N4O. The van der Waals surface area contributed by atoms with Gasteiger partial charge >= 0.3 is 0 Å². The molecule has 1 amide bonds. The molecule has 5 heteroatoms. The average molecular weight is 354 g/mol. The lowest BCUT2D eigenvalue weighted by molar-refractivity contribution is -0.115. The van der Waals surface area contributed by atoms with Crippen molar-refractivity contribution in [2.45, 2.75) is 6.42 Å². The SMILES string of the molecule is O=C(Cc1ccc(-c2ccccc2)cc1)Nc1ccc(-n2ccnc2)nc1. The maximum Gasteiger partial charge on any atom is 0.228 e. The number of benzene rings is 2. The summed E-state index contributed by atoms with van der Waals surface area (Å²) in [6.45, 7) is 0. The Hall–Kier alpha value is -3.73. The normalized spacial score (nSPS) is 10.5. The molecule has 132 valence electrons. The number of rotatable bonds is 5. The zero-order valence-electron chi connectivity index (χ0n) is 14.6. The van der Waals surface area contributed by atoms with E-state index in [4.69, 9.17) is 0 Å². The van der Waals surface area contributed by atoms with Crippen molar-refractivity contribution in [1.29, 1.82) is 0 Å². The van der Waals surface area contributed by atoms with Crippen molar-refractivity contribution in [1.82, 2.24) is 14.5 Å². The summed E-state index contributed by atoms with van der Waals surface area (Å²) in [5.74, 6) is 0.682. The van der Waals surface area contributed by atoms with Crippen LogP contribution < -0.4 is 5.32 Å². The van der Waals surface area contributed by atoms with E-state index in [1.807, 2.05) is 60.8 Å². The molecule has 4 aromatic rings. The summed E-state index contributed by atoms with van der Waals surface area (Å²) >= 11 is 0. The first-order valence-electron chi connectivity index (χ1n) is 8.66. The zero-order valence-corrected chi connectivity index (χ0v) is 14.6. The predicted octanol–water partition coefficient (Wildman–Crippen LogP) is 4.12. The fourth-order valence-corrected chi connectivity index (χ4v) is 2.84. The van der Waals surface area contributed by atoms with E-state index in [0.29, 0.717) is 12.1 Å². The zero-order chi connectivity index (χ0) is 18.5. The third kappa shape index (κ3) is 4.10. The van der Waals surface area contributed by atoms with Gasteiger partial charge in [-0.05, 0) is 28.8 Å². The third-order valence-corrected chi connectivity index (χ3v) is 4.23. The van der Waals surface area contributed by atoms with Crippen molar-refractivity contribution in [2.75, 3.05) is 5.32 Å². The van der Waals surface area contributed by atoms with E-state index >= 15 is 0 Å². The highest BCUT2D eigenvalue weighted by molar-refractivity contribution is 5.92. The predicted molar refractivity (Wildman–Crippen MR) is 106 cm³/mol. The number of carbonyl (C=O) groups is 1. The van der Waals surface area contributed by atoms with E-state index < -0.39 is 0 Å². The first-order chi connectivity index (χ1) is 13.3. The van der Waals surface area contributed by atoms with Crippen LogP contribution in [0.2, 0.25) is 0 Å². The Bertz CT molecular complexity index is 1010. The molecule has 2 aromatic carbocycles. The van der Waals surface area contributed by atoms with Crippen molar-refractivity contribution >= 4 is 11.6 Å². The number of amides is 1. The second kappa shape index (κ2) is 7.66. The van der Waals surface area contributed by atoms with Crippen LogP contribution in [0.3, 0.4) is 0 Å².